The van der Waals surface area contributed by atoms with Gasteiger partial charge in [0.25, 0.3) is 0 Å². The van der Waals surface area contributed by atoms with E-state index in [1.54, 1.807) is 12.3 Å². The highest BCUT2D eigenvalue weighted by molar-refractivity contribution is 5.48. The molecule has 1 saturated heterocycles. The summed E-state index contributed by atoms with van der Waals surface area (Å²) in [7, 11) is 0. The first-order valence-corrected chi connectivity index (χ1v) is 4.71. The average molecular weight is 189 g/mol. The van der Waals surface area contributed by atoms with Crippen LogP contribution in [-0.4, -0.2) is 27.6 Å². The molecule has 0 bridgehead atoms. The van der Waals surface area contributed by atoms with Crippen LogP contribution in [0.5, 0.6) is 5.75 Å². The van der Waals surface area contributed by atoms with Crippen molar-refractivity contribution in [3.63, 3.8) is 0 Å². The number of pyridine rings is 1. The Morgan fingerprint density at radius 1 is 1.43 bits per heavy atom. The molecular weight excluding hydrogens is 178 g/mol. The van der Waals surface area contributed by atoms with Gasteiger partial charge in [-0.2, -0.15) is 0 Å². The quantitative estimate of drug-likeness (QED) is 0.695. The maximum atomic E-state index is 9.38. The Kier molecular flexibility index (Phi) is 1.52. The van der Waals surface area contributed by atoms with Gasteiger partial charge in [-0.15, -0.1) is 0 Å². The van der Waals surface area contributed by atoms with Gasteiger partial charge in [-0.1, -0.05) is 0 Å². The summed E-state index contributed by atoms with van der Waals surface area (Å²) in [6.45, 7) is 1.96. The monoisotopic (exact) mass is 189 g/mol. The number of aromatic nitrogens is 2. The number of fused-ring (bicyclic) bond motifs is 1. The molecule has 0 aliphatic carbocycles. The van der Waals surface area contributed by atoms with E-state index < -0.39 is 0 Å². The van der Waals surface area contributed by atoms with Gasteiger partial charge in [0, 0.05) is 19.0 Å². The lowest BCUT2D eigenvalue weighted by Crippen LogP contribution is -2.40. The Bertz CT molecular complexity index is 473. The smallest absolute Gasteiger partial charge is 0.132 e. The van der Waals surface area contributed by atoms with Crippen LogP contribution in [0.3, 0.4) is 0 Å². The van der Waals surface area contributed by atoms with Crippen molar-refractivity contribution in [3.05, 3.63) is 30.4 Å². The van der Waals surface area contributed by atoms with Gasteiger partial charge in [0.2, 0.25) is 0 Å². The summed E-state index contributed by atoms with van der Waals surface area (Å²) in [6.07, 6.45) is 3.56. The lowest BCUT2D eigenvalue weighted by molar-refractivity contribution is 0.426. The van der Waals surface area contributed by atoms with Crippen molar-refractivity contribution >= 4 is 5.52 Å². The van der Waals surface area contributed by atoms with Crippen molar-refractivity contribution in [2.45, 2.75) is 5.92 Å². The zero-order valence-electron chi connectivity index (χ0n) is 7.64. The van der Waals surface area contributed by atoms with Crippen LogP contribution in [-0.2, 0) is 0 Å². The van der Waals surface area contributed by atoms with Gasteiger partial charge in [0.05, 0.1) is 17.9 Å². The number of hydrogen-bond donors (Lipinski definition) is 2. The second-order valence-corrected chi connectivity index (χ2v) is 3.65. The molecule has 0 saturated carbocycles. The Morgan fingerprint density at radius 2 is 2.29 bits per heavy atom. The summed E-state index contributed by atoms with van der Waals surface area (Å²) in [5.41, 5.74) is 1.03. The highest BCUT2D eigenvalue weighted by Gasteiger charge is 2.23. The molecule has 2 aromatic rings. The number of nitrogens with zero attached hydrogens (tertiary/aromatic N) is 2. The lowest BCUT2D eigenvalue weighted by atomic mass is 10.0. The first-order valence-electron chi connectivity index (χ1n) is 4.71. The summed E-state index contributed by atoms with van der Waals surface area (Å²) in [5.74, 6) is 1.80. The fraction of sp³-hybridized carbons (Fsp3) is 0.300. The van der Waals surface area contributed by atoms with Crippen molar-refractivity contribution in [1.82, 2.24) is 14.7 Å². The van der Waals surface area contributed by atoms with Crippen LogP contribution in [0.4, 0.5) is 0 Å². The minimum Gasteiger partial charge on any atom is -0.506 e. The van der Waals surface area contributed by atoms with Gasteiger partial charge in [-0.3, -0.25) is 4.40 Å². The molecule has 0 atom stereocenters. The van der Waals surface area contributed by atoms with Crippen LogP contribution in [0, 0.1) is 0 Å². The standard InChI is InChI=1S/C10H11N3O/c14-9-2-1-8-5-12-10(13(8)6-9)7-3-11-4-7/h1-2,5-7,11,14H,3-4H2. The highest BCUT2D eigenvalue weighted by Crippen LogP contribution is 2.21. The largest absolute Gasteiger partial charge is 0.506 e. The Hall–Kier alpha value is -1.55. The third kappa shape index (κ3) is 1.01. The molecule has 4 nitrogen and oxygen atoms in total. The van der Waals surface area contributed by atoms with Crippen LogP contribution in [0.1, 0.15) is 11.7 Å². The number of rotatable bonds is 1. The van der Waals surface area contributed by atoms with Gasteiger partial charge < -0.3 is 10.4 Å². The number of aromatic hydroxyl groups is 1. The van der Waals surface area contributed by atoms with Crippen molar-refractivity contribution in [3.8, 4) is 5.75 Å². The third-order valence-electron chi connectivity index (χ3n) is 2.69. The van der Waals surface area contributed by atoms with Gasteiger partial charge in [0.1, 0.15) is 11.6 Å². The van der Waals surface area contributed by atoms with Gasteiger partial charge in [-0.25, -0.2) is 4.98 Å². The average Bonchev–Trinajstić information content (AvgIpc) is 2.46. The maximum absolute atomic E-state index is 9.38. The Labute approximate surface area is 81.2 Å². The minimum atomic E-state index is 0.282. The van der Waals surface area contributed by atoms with E-state index in [1.165, 1.54) is 0 Å². The van der Waals surface area contributed by atoms with E-state index in [2.05, 4.69) is 10.3 Å². The van der Waals surface area contributed by atoms with Gasteiger partial charge >= 0.3 is 0 Å². The second kappa shape index (κ2) is 2.72. The molecule has 0 spiro atoms. The van der Waals surface area contributed by atoms with Crippen LogP contribution < -0.4 is 5.32 Å². The van der Waals surface area contributed by atoms with E-state index in [9.17, 15) is 5.11 Å². The van der Waals surface area contributed by atoms with Crippen LogP contribution in [0.25, 0.3) is 5.52 Å². The first kappa shape index (κ1) is 7.82. The molecule has 1 aliphatic rings. The molecule has 0 aromatic carbocycles. The topological polar surface area (TPSA) is 49.6 Å². The van der Waals surface area contributed by atoms with Gasteiger partial charge in [0.15, 0.2) is 0 Å². The van der Waals surface area contributed by atoms with Crippen LogP contribution in [0.15, 0.2) is 24.5 Å². The zero-order valence-corrected chi connectivity index (χ0v) is 7.64. The predicted octanol–water partition coefficient (Wildman–Crippen LogP) is 0.727. The Balaban J connectivity index is 2.18. The minimum absolute atomic E-state index is 0.282. The summed E-state index contributed by atoms with van der Waals surface area (Å²) < 4.78 is 1.96. The molecule has 3 heterocycles. The van der Waals surface area contributed by atoms with E-state index in [1.807, 2.05) is 16.7 Å². The second-order valence-electron chi connectivity index (χ2n) is 3.65. The van der Waals surface area contributed by atoms with Crippen molar-refractivity contribution in [2.75, 3.05) is 13.1 Å². The van der Waals surface area contributed by atoms with Crippen LogP contribution in [0.2, 0.25) is 0 Å². The van der Waals surface area contributed by atoms with E-state index >= 15 is 0 Å². The lowest BCUT2D eigenvalue weighted by Gasteiger charge is -2.25. The fourth-order valence-corrected chi connectivity index (χ4v) is 1.77. The molecule has 2 aromatic heterocycles. The summed E-state index contributed by atoms with van der Waals surface area (Å²) in [4.78, 5) is 4.37. The predicted molar refractivity (Wildman–Crippen MR) is 52.5 cm³/mol. The molecule has 0 amide bonds. The SMILES string of the molecule is Oc1ccc2cnc(C3CNC3)n2c1. The molecule has 2 N–H and O–H groups in total. The molecule has 72 valence electrons. The van der Waals surface area contributed by atoms with E-state index in [4.69, 9.17) is 0 Å². The Morgan fingerprint density at radius 3 is 3.00 bits per heavy atom. The van der Waals surface area contributed by atoms with Gasteiger partial charge in [-0.05, 0) is 12.1 Å². The molecule has 0 radical (unpaired) electrons. The normalized spacial score (nSPS) is 17.1. The maximum Gasteiger partial charge on any atom is 0.132 e. The summed E-state index contributed by atoms with van der Waals surface area (Å²) in [5, 5.41) is 12.6. The highest BCUT2D eigenvalue weighted by atomic mass is 16.3. The molecular formula is C10H11N3O. The number of nitrogens with one attached hydrogen (secondary N) is 1. The van der Waals surface area contributed by atoms with Crippen molar-refractivity contribution in [1.29, 1.82) is 0 Å². The molecule has 3 rings (SSSR count). The molecule has 14 heavy (non-hydrogen) atoms. The number of imidazole rings is 1. The first-order chi connectivity index (χ1) is 6.84. The molecule has 4 heteroatoms. The van der Waals surface area contributed by atoms with Crippen LogP contribution >= 0.6 is 0 Å². The summed E-state index contributed by atoms with van der Waals surface area (Å²) in [6, 6.07) is 3.55. The van der Waals surface area contributed by atoms with Crippen molar-refractivity contribution in [2.24, 2.45) is 0 Å². The van der Waals surface area contributed by atoms with Crippen molar-refractivity contribution < 1.29 is 5.11 Å². The molecule has 1 aliphatic heterocycles. The molecule has 1 fully saturated rings. The van der Waals surface area contributed by atoms with E-state index in [-0.39, 0.29) is 5.75 Å². The zero-order chi connectivity index (χ0) is 9.54. The molecule has 0 unspecified atom stereocenters. The number of hydrogen-bond acceptors (Lipinski definition) is 3. The van der Waals surface area contributed by atoms with E-state index in [0.717, 1.165) is 24.4 Å². The third-order valence-corrected chi connectivity index (χ3v) is 2.69. The fourth-order valence-electron chi connectivity index (χ4n) is 1.77. The summed E-state index contributed by atoms with van der Waals surface area (Å²) >= 11 is 0. The van der Waals surface area contributed by atoms with E-state index in [0.29, 0.717) is 5.92 Å².